The third kappa shape index (κ3) is 5.01. The number of nitro groups is 1. The molecule has 26 heavy (non-hydrogen) atoms. The normalized spacial score (nSPS) is 11.9. The van der Waals surface area contributed by atoms with Gasteiger partial charge in [-0.1, -0.05) is 12.1 Å². The Morgan fingerprint density at radius 2 is 1.92 bits per heavy atom. The van der Waals surface area contributed by atoms with E-state index in [1.165, 1.54) is 12.1 Å². The molecule has 0 saturated carbocycles. The average Bonchev–Trinajstić information content (AvgIpc) is 2.59. The van der Waals surface area contributed by atoms with Crippen LogP contribution in [0.3, 0.4) is 0 Å². The van der Waals surface area contributed by atoms with E-state index in [1.807, 2.05) is 24.3 Å². The lowest BCUT2D eigenvalue weighted by Gasteiger charge is -2.07. The van der Waals surface area contributed by atoms with Gasteiger partial charge in [0.2, 0.25) is 10.0 Å². The van der Waals surface area contributed by atoms with Crippen LogP contribution in [0.15, 0.2) is 52.5 Å². The van der Waals surface area contributed by atoms with E-state index < -0.39 is 20.6 Å². The second kappa shape index (κ2) is 7.93. The minimum atomic E-state index is -4.03. The molecule has 2 aromatic carbocycles. The maximum absolute atomic E-state index is 11.3. The van der Waals surface area contributed by atoms with E-state index in [-0.39, 0.29) is 10.6 Å². The lowest BCUT2D eigenvalue weighted by atomic mass is 10.1. The van der Waals surface area contributed by atoms with Crippen LogP contribution in [0, 0.1) is 10.1 Å². The van der Waals surface area contributed by atoms with Crippen LogP contribution in [0.4, 0.5) is 11.4 Å². The average molecular weight is 378 g/mol. The fourth-order valence-electron chi connectivity index (χ4n) is 2.17. The number of ether oxygens (including phenoxy) is 1. The first-order chi connectivity index (χ1) is 12.2. The van der Waals surface area contributed by atoms with Crippen molar-refractivity contribution in [1.29, 1.82) is 0 Å². The zero-order valence-corrected chi connectivity index (χ0v) is 15.0. The summed E-state index contributed by atoms with van der Waals surface area (Å²) in [5, 5.41) is 20.3. The lowest BCUT2D eigenvalue weighted by Crippen LogP contribution is -2.12. The summed E-state index contributed by atoms with van der Waals surface area (Å²) in [6, 6.07) is 10.8. The molecule has 0 amide bonds. The van der Waals surface area contributed by atoms with Crippen molar-refractivity contribution in [2.24, 2.45) is 10.2 Å². The summed E-state index contributed by atoms with van der Waals surface area (Å²) in [5.41, 5.74) is 3.91. The fourth-order valence-corrected chi connectivity index (χ4v) is 2.70. The van der Waals surface area contributed by atoms with E-state index in [0.29, 0.717) is 12.1 Å². The molecule has 2 rings (SSSR count). The van der Waals surface area contributed by atoms with Crippen molar-refractivity contribution in [3.05, 3.63) is 58.1 Å². The number of anilines is 1. The number of nitrogens with one attached hydrogen (secondary N) is 1. The van der Waals surface area contributed by atoms with Crippen molar-refractivity contribution >= 4 is 27.1 Å². The minimum Gasteiger partial charge on any atom is -0.497 e. The van der Waals surface area contributed by atoms with E-state index in [9.17, 15) is 18.5 Å². The quantitative estimate of drug-likeness (QED) is 0.431. The van der Waals surface area contributed by atoms with Crippen LogP contribution in [-0.4, -0.2) is 26.2 Å². The number of methoxy groups -OCH3 is 1. The number of rotatable bonds is 7. The standard InChI is InChI=1S/C16H18N4O5S/c1-11(9-12-3-5-13(25-2)6-4-12)18-19-15-8-7-14(26(17,23)24)10-16(15)20(21)22/h3-8,10,19H,9H2,1-2H3,(H2,17,23,24)/b18-11+. The highest BCUT2D eigenvalue weighted by Gasteiger charge is 2.18. The number of sulfonamides is 1. The Bertz CT molecular complexity index is 940. The first-order valence-corrected chi connectivity index (χ1v) is 8.98. The van der Waals surface area contributed by atoms with Gasteiger partial charge in [0.15, 0.2) is 0 Å². The van der Waals surface area contributed by atoms with Gasteiger partial charge in [0.1, 0.15) is 11.4 Å². The number of primary sulfonamides is 1. The second-order valence-corrected chi connectivity index (χ2v) is 7.03. The van der Waals surface area contributed by atoms with Crippen LogP contribution >= 0.6 is 0 Å². The molecular formula is C16H18N4O5S. The first-order valence-electron chi connectivity index (χ1n) is 7.44. The predicted octanol–water partition coefficient (Wildman–Crippen LogP) is 2.28. The molecule has 138 valence electrons. The number of hydrazone groups is 1. The number of hydrogen-bond acceptors (Lipinski definition) is 7. The highest BCUT2D eigenvalue weighted by molar-refractivity contribution is 7.89. The maximum atomic E-state index is 11.3. The molecule has 0 saturated heterocycles. The third-order valence-corrected chi connectivity index (χ3v) is 4.39. The van der Waals surface area contributed by atoms with E-state index in [1.54, 1.807) is 14.0 Å². The first kappa shape index (κ1) is 19.3. The van der Waals surface area contributed by atoms with Gasteiger partial charge in [-0.05, 0) is 36.8 Å². The van der Waals surface area contributed by atoms with Gasteiger partial charge in [0, 0.05) is 18.2 Å². The Morgan fingerprint density at radius 3 is 2.46 bits per heavy atom. The number of nitro benzene ring substituents is 1. The van der Waals surface area contributed by atoms with E-state index in [0.717, 1.165) is 17.4 Å². The molecule has 0 unspecified atom stereocenters. The summed E-state index contributed by atoms with van der Waals surface area (Å²) in [6.07, 6.45) is 0.528. The number of nitrogens with two attached hydrogens (primary N) is 1. The Kier molecular flexibility index (Phi) is 5.90. The highest BCUT2D eigenvalue weighted by Crippen LogP contribution is 2.27. The SMILES string of the molecule is COc1ccc(C/C(C)=N/Nc2ccc(S(N)(=O)=O)cc2[N+](=O)[O-])cc1. The second-order valence-electron chi connectivity index (χ2n) is 5.46. The zero-order chi connectivity index (χ0) is 19.3. The molecule has 0 aromatic heterocycles. The molecule has 0 aliphatic rings. The Hall–Kier alpha value is -2.98. The van der Waals surface area contributed by atoms with Crippen molar-refractivity contribution < 1.29 is 18.1 Å². The van der Waals surface area contributed by atoms with E-state index >= 15 is 0 Å². The van der Waals surface area contributed by atoms with Gasteiger partial charge < -0.3 is 4.74 Å². The van der Waals surface area contributed by atoms with Gasteiger partial charge in [-0.25, -0.2) is 13.6 Å². The Balaban J connectivity index is 2.18. The zero-order valence-electron chi connectivity index (χ0n) is 14.2. The van der Waals surface area contributed by atoms with Crippen LogP contribution in [0.2, 0.25) is 0 Å². The van der Waals surface area contributed by atoms with Crippen molar-refractivity contribution in [3.63, 3.8) is 0 Å². The van der Waals surface area contributed by atoms with Crippen molar-refractivity contribution in [1.82, 2.24) is 0 Å². The number of nitrogens with zero attached hydrogens (tertiary/aromatic N) is 2. The lowest BCUT2D eigenvalue weighted by molar-refractivity contribution is -0.384. The van der Waals surface area contributed by atoms with Gasteiger partial charge in [-0.3, -0.25) is 15.5 Å². The summed E-state index contributed by atoms with van der Waals surface area (Å²) in [7, 11) is -2.45. The molecule has 0 radical (unpaired) electrons. The van der Waals surface area contributed by atoms with Crippen LogP contribution in [0.25, 0.3) is 0 Å². The molecular weight excluding hydrogens is 360 g/mol. The van der Waals surface area contributed by atoms with Crippen molar-refractivity contribution in [2.75, 3.05) is 12.5 Å². The van der Waals surface area contributed by atoms with Crippen molar-refractivity contribution in [3.8, 4) is 5.75 Å². The van der Waals surface area contributed by atoms with Crippen LogP contribution in [0.5, 0.6) is 5.75 Å². The topological polar surface area (TPSA) is 137 Å². The minimum absolute atomic E-state index is 0.0662. The molecule has 0 atom stereocenters. The van der Waals surface area contributed by atoms with Crippen LogP contribution in [-0.2, 0) is 16.4 Å². The number of hydrogen-bond donors (Lipinski definition) is 2. The molecule has 10 heteroatoms. The summed E-state index contributed by atoms with van der Waals surface area (Å²) < 4.78 is 27.8. The van der Waals surface area contributed by atoms with Crippen LogP contribution < -0.4 is 15.3 Å². The van der Waals surface area contributed by atoms with Crippen LogP contribution in [0.1, 0.15) is 12.5 Å². The molecule has 3 N–H and O–H groups in total. The van der Waals surface area contributed by atoms with Gasteiger partial charge in [0.05, 0.1) is 16.9 Å². The molecule has 0 spiro atoms. The van der Waals surface area contributed by atoms with E-state index in [2.05, 4.69) is 10.5 Å². The summed E-state index contributed by atoms with van der Waals surface area (Å²) in [5.74, 6) is 0.743. The molecule has 0 aliphatic carbocycles. The maximum Gasteiger partial charge on any atom is 0.295 e. The molecule has 0 heterocycles. The largest absolute Gasteiger partial charge is 0.497 e. The number of benzene rings is 2. The molecule has 2 aromatic rings. The third-order valence-electron chi connectivity index (χ3n) is 3.48. The molecule has 9 nitrogen and oxygen atoms in total. The summed E-state index contributed by atoms with van der Waals surface area (Å²) >= 11 is 0. The molecule has 0 fully saturated rings. The smallest absolute Gasteiger partial charge is 0.295 e. The Labute approximate surface area is 150 Å². The monoisotopic (exact) mass is 378 g/mol. The fraction of sp³-hybridized carbons (Fsp3) is 0.188. The van der Waals surface area contributed by atoms with Gasteiger partial charge in [-0.2, -0.15) is 5.10 Å². The van der Waals surface area contributed by atoms with Gasteiger partial charge in [-0.15, -0.1) is 0 Å². The van der Waals surface area contributed by atoms with Gasteiger partial charge >= 0.3 is 0 Å². The molecule has 0 bridgehead atoms. The molecule has 0 aliphatic heterocycles. The summed E-state index contributed by atoms with van der Waals surface area (Å²) in [4.78, 5) is 10.1. The van der Waals surface area contributed by atoms with Gasteiger partial charge in [0.25, 0.3) is 5.69 Å². The predicted molar refractivity (Wildman–Crippen MR) is 97.9 cm³/mol. The van der Waals surface area contributed by atoms with E-state index in [4.69, 9.17) is 9.88 Å². The summed E-state index contributed by atoms with van der Waals surface area (Å²) in [6.45, 7) is 1.77. The van der Waals surface area contributed by atoms with Crippen molar-refractivity contribution in [2.45, 2.75) is 18.2 Å². The Morgan fingerprint density at radius 1 is 1.27 bits per heavy atom. The highest BCUT2D eigenvalue weighted by atomic mass is 32.2.